The molecule has 0 bridgehead atoms. The lowest BCUT2D eigenvalue weighted by molar-refractivity contribution is -0.132. The van der Waals surface area contributed by atoms with E-state index in [-0.39, 0.29) is 5.91 Å². The van der Waals surface area contributed by atoms with Crippen LogP contribution in [0.2, 0.25) is 0 Å². The van der Waals surface area contributed by atoms with E-state index in [1.165, 1.54) is 0 Å². The molecule has 2 N–H and O–H groups in total. The lowest BCUT2D eigenvalue weighted by Gasteiger charge is -2.15. The fourth-order valence-corrected chi connectivity index (χ4v) is 2.99. The van der Waals surface area contributed by atoms with Crippen molar-refractivity contribution in [2.75, 3.05) is 12.4 Å². The Hall–Kier alpha value is -2.67. The Bertz CT molecular complexity index is 723. The molecule has 144 valence electrons. The molecule has 0 unspecified atom stereocenters. The van der Waals surface area contributed by atoms with Crippen LogP contribution < -0.4 is 20.3 Å². The molecule has 0 aliphatic rings. The predicted molar refractivity (Wildman–Crippen MR) is 106 cm³/mol. The molecule has 2 rings (SSSR count). The van der Waals surface area contributed by atoms with Crippen LogP contribution in [0, 0.1) is 0 Å². The summed E-state index contributed by atoms with van der Waals surface area (Å²) in [5.41, 5.74) is 4.79. The summed E-state index contributed by atoms with van der Waals surface area (Å²) in [6, 6.07) is 16.8. The van der Waals surface area contributed by atoms with Crippen LogP contribution in [-0.2, 0) is 9.59 Å². The van der Waals surface area contributed by atoms with E-state index in [0.29, 0.717) is 24.5 Å². The molecule has 2 amide bonds. The van der Waals surface area contributed by atoms with E-state index in [1.807, 2.05) is 37.3 Å². The Labute approximate surface area is 163 Å². The van der Waals surface area contributed by atoms with E-state index in [0.717, 1.165) is 10.6 Å². The molecule has 0 aromatic heterocycles. The molecule has 0 saturated carbocycles. The lowest BCUT2D eigenvalue weighted by atomic mass is 10.3. The first kappa shape index (κ1) is 20.6. The molecule has 2 aromatic carbocycles. The summed E-state index contributed by atoms with van der Waals surface area (Å²) in [5, 5.41) is 0. The van der Waals surface area contributed by atoms with E-state index < -0.39 is 12.0 Å². The average Bonchev–Trinajstić information content (AvgIpc) is 2.68. The third kappa shape index (κ3) is 7.62. The predicted octanol–water partition coefficient (Wildman–Crippen LogP) is 3.18. The van der Waals surface area contributed by atoms with Gasteiger partial charge in [0.25, 0.3) is 5.91 Å². The number of carbonyl (C=O) groups is 2. The van der Waals surface area contributed by atoms with Crippen molar-refractivity contribution in [2.45, 2.75) is 31.3 Å². The van der Waals surface area contributed by atoms with Crippen molar-refractivity contribution in [2.24, 2.45) is 0 Å². The zero-order valence-corrected chi connectivity index (χ0v) is 16.3. The van der Waals surface area contributed by atoms with Crippen molar-refractivity contribution in [3.63, 3.8) is 0 Å². The summed E-state index contributed by atoms with van der Waals surface area (Å²) in [5.74, 6) is 1.24. The van der Waals surface area contributed by atoms with Crippen LogP contribution in [0.4, 0.5) is 0 Å². The number of hydrogen-bond donors (Lipinski definition) is 2. The normalized spacial score (nSPS) is 11.3. The molecule has 0 radical (unpaired) electrons. The number of amides is 2. The molecular weight excluding hydrogens is 364 g/mol. The first-order valence-corrected chi connectivity index (χ1v) is 9.73. The van der Waals surface area contributed by atoms with Crippen molar-refractivity contribution >= 4 is 23.6 Å². The minimum absolute atomic E-state index is 0.250. The number of thioether (sulfide) groups is 1. The molecule has 0 saturated heterocycles. The molecule has 0 heterocycles. The van der Waals surface area contributed by atoms with Gasteiger partial charge in [-0.05, 0) is 50.2 Å². The number of carbonyl (C=O) groups excluding carboxylic acids is 2. The van der Waals surface area contributed by atoms with Gasteiger partial charge in [0, 0.05) is 17.1 Å². The second-order valence-corrected chi connectivity index (χ2v) is 6.78. The van der Waals surface area contributed by atoms with E-state index in [4.69, 9.17) is 9.47 Å². The fourth-order valence-electron chi connectivity index (χ4n) is 2.11. The Morgan fingerprint density at radius 2 is 1.67 bits per heavy atom. The molecule has 6 nitrogen and oxygen atoms in total. The van der Waals surface area contributed by atoms with Gasteiger partial charge in [0.1, 0.15) is 11.5 Å². The average molecular weight is 388 g/mol. The van der Waals surface area contributed by atoms with Gasteiger partial charge in [0.15, 0.2) is 6.10 Å². The van der Waals surface area contributed by atoms with Gasteiger partial charge < -0.3 is 9.47 Å². The van der Waals surface area contributed by atoms with Crippen molar-refractivity contribution in [1.29, 1.82) is 0 Å². The first-order chi connectivity index (χ1) is 13.1. The highest BCUT2D eigenvalue weighted by molar-refractivity contribution is 7.99. The zero-order valence-electron chi connectivity index (χ0n) is 15.4. The van der Waals surface area contributed by atoms with Gasteiger partial charge in [-0.2, -0.15) is 0 Å². The van der Waals surface area contributed by atoms with Gasteiger partial charge >= 0.3 is 0 Å². The van der Waals surface area contributed by atoms with E-state index in [1.54, 1.807) is 43.0 Å². The maximum absolute atomic E-state index is 12.0. The lowest BCUT2D eigenvalue weighted by Crippen LogP contribution is -2.47. The molecule has 2 aromatic rings. The molecule has 7 heteroatoms. The highest BCUT2D eigenvalue weighted by atomic mass is 32.2. The van der Waals surface area contributed by atoms with E-state index in [9.17, 15) is 9.59 Å². The largest absolute Gasteiger partial charge is 0.494 e. The number of rotatable bonds is 9. The minimum Gasteiger partial charge on any atom is -0.494 e. The van der Waals surface area contributed by atoms with Crippen molar-refractivity contribution < 1.29 is 19.1 Å². The molecule has 0 fully saturated rings. The fraction of sp³-hybridized carbons (Fsp3) is 0.300. The highest BCUT2D eigenvalue weighted by Gasteiger charge is 2.15. The third-order valence-electron chi connectivity index (χ3n) is 3.48. The van der Waals surface area contributed by atoms with Crippen molar-refractivity contribution in [3.8, 4) is 11.5 Å². The van der Waals surface area contributed by atoms with Crippen LogP contribution >= 0.6 is 11.8 Å². The Kier molecular flexibility index (Phi) is 8.51. The van der Waals surface area contributed by atoms with Crippen LogP contribution in [-0.4, -0.2) is 30.3 Å². The summed E-state index contributed by atoms with van der Waals surface area (Å²) >= 11 is 1.59. The van der Waals surface area contributed by atoms with Gasteiger partial charge in [0.05, 0.1) is 6.61 Å². The standard InChI is InChI=1S/C20H24N2O4S/c1-3-25-16-9-11-17(12-10-16)26-15(2)20(24)22-21-19(23)13-14-27-18-7-5-4-6-8-18/h4-12,15H,3,13-14H2,1-2H3,(H,21,23)(H,22,24)/t15-/m1/s1. The highest BCUT2D eigenvalue weighted by Crippen LogP contribution is 2.19. The maximum atomic E-state index is 12.0. The zero-order chi connectivity index (χ0) is 19.5. The molecule has 1 atom stereocenters. The maximum Gasteiger partial charge on any atom is 0.279 e. The molecule has 0 aliphatic carbocycles. The molecule has 0 aliphatic heterocycles. The van der Waals surface area contributed by atoms with Gasteiger partial charge in [-0.25, -0.2) is 0 Å². The first-order valence-electron chi connectivity index (χ1n) is 8.74. The van der Waals surface area contributed by atoms with Gasteiger partial charge in [-0.3, -0.25) is 20.4 Å². The number of hydrogen-bond acceptors (Lipinski definition) is 5. The van der Waals surface area contributed by atoms with Crippen LogP contribution in [0.15, 0.2) is 59.5 Å². The van der Waals surface area contributed by atoms with Crippen LogP contribution in [0.25, 0.3) is 0 Å². The number of ether oxygens (including phenoxy) is 2. The second-order valence-electron chi connectivity index (χ2n) is 5.61. The second kappa shape index (κ2) is 11.1. The summed E-state index contributed by atoms with van der Waals surface area (Å²) in [7, 11) is 0. The van der Waals surface area contributed by atoms with Crippen LogP contribution in [0.1, 0.15) is 20.3 Å². The topological polar surface area (TPSA) is 76.7 Å². The monoisotopic (exact) mass is 388 g/mol. The summed E-state index contributed by atoms with van der Waals surface area (Å²) in [4.78, 5) is 25.0. The minimum atomic E-state index is -0.748. The smallest absolute Gasteiger partial charge is 0.279 e. The van der Waals surface area contributed by atoms with Crippen molar-refractivity contribution in [3.05, 3.63) is 54.6 Å². The Balaban J connectivity index is 1.67. The number of nitrogens with one attached hydrogen (secondary N) is 2. The molecule has 27 heavy (non-hydrogen) atoms. The van der Waals surface area contributed by atoms with Gasteiger partial charge in [-0.15, -0.1) is 11.8 Å². The van der Waals surface area contributed by atoms with Gasteiger partial charge in [-0.1, -0.05) is 18.2 Å². The van der Waals surface area contributed by atoms with Crippen LogP contribution in [0.3, 0.4) is 0 Å². The summed E-state index contributed by atoms with van der Waals surface area (Å²) in [6.07, 6.45) is -0.449. The summed E-state index contributed by atoms with van der Waals surface area (Å²) in [6.45, 7) is 4.11. The summed E-state index contributed by atoms with van der Waals surface area (Å²) < 4.78 is 10.9. The van der Waals surface area contributed by atoms with Crippen LogP contribution in [0.5, 0.6) is 11.5 Å². The SMILES string of the molecule is CCOc1ccc(O[C@H](C)C(=O)NNC(=O)CCSc2ccccc2)cc1. The Morgan fingerprint density at radius 3 is 2.33 bits per heavy atom. The van der Waals surface area contributed by atoms with Gasteiger partial charge in [0.2, 0.25) is 5.91 Å². The van der Waals surface area contributed by atoms with E-state index >= 15 is 0 Å². The van der Waals surface area contributed by atoms with Crippen molar-refractivity contribution in [1.82, 2.24) is 10.9 Å². The van der Waals surface area contributed by atoms with E-state index in [2.05, 4.69) is 10.9 Å². The molecule has 0 spiro atoms. The quantitative estimate of drug-likeness (QED) is 0.510. The third-order valence-corrected chi connectivity index (χ3v) is 4.50. The number of hydrazine groups is 1. The number of benzene rings is 2. The molecular formula is C20H24N2O4S. The Morgan fingerprint density at radius 1 is 1.00 bits per heavy atom.